The van der Waals surface area contributed by atoms with Crippen molar-refractivity contribution in [3.05, 3.63) is 29.8 Å². The maximum absolute atomic E-state index is 12.7. The number of carbonyl (C=O) groups excluding carboxylic acids is 1. The largest absolute Gasteiger partial charge is 0.377 e. The third kappa shape index (κ3) is 4.36. The van der Waals surface area contributed by atoms with Crippen LogP contribution in [0.25, 0.3) is 0 Å². The lowest BCUT2D eigenvalue weighted by molar-refractivity contribution is 0.0777. The molecule has 1 unspecified atom stereocenters. The predicted octanol–water partition coefficient (Wildman–Crippen LogP) is 1.90. The van der Waals surface area contributed by atoms with Crippen LogP contribution >= 0.6 is 0 Å². The molecule has 19 heavy (non-hydrogen) atoms. The third-order valence-corrected chi connectivity index (χ3v) is 3.27. The van der Waals surface area contributed by atoms with E-state index in [2.05, 4.69) is 9.88 Å². The summed E-state index contributed by atoms with van der Waals surface area (Å²) in [7, 11) is 1.98. The van der Waals surface area contributed by atoms with Crippen molar-refractivity contribution in [2.45, 2.75) is 25.4 Å². The van der Waals surface area contributed by atoms with Crippen molar-refractivity contribution in [2.24, 2.45) is 0 Å². The molecule has 0 amide bonds. The molecule has 1 aliphatic rings. The molecular weight excluding hydrogens is 247 g/mol. The fourth-order valence-corrected chi connectivity index (χ4v) is 2.19. The van der Waals surface area contributed by atoms with Crippen molar-refractivity contribution >= 4 is 5.78 Å². The second-order valence-electron chi connectivity index (χ2n) is 4.93. The number of ketones is 1. The van der Waals surface area contributed by atoms with E-state index in [9.17, 15) is 9.18 Å². The summed E-state index contributed by atoms with van der Waals surface area (Å²) in [6, 6.07) is 2.69. The van der Waals surface area contributed by atoms with E-state index in [0.717, 1.165) is 32.2 Å². The minimum atomic E-state index is -0.424. The first-order valence-electron chi connectivity index (χ1n) is 6.60. The number of hydrogen-bond acceptors (Lipinski definition) is 4. The van der Waals surface area contributed by atoms with Crippen LogP contribution < -0.4 is 0 Å². The van der Waals surface area contributed by atoms with Crippen LogP contribution in [0.4, 0.5) is 4.39 Å². The van der Waals surface area contributed by atoms with Crippen LogP contribution in [-0.4, -0.2) is 48.5 Å². The van der Waals surface area contributed by atoms with E-state index in [4.69, 9.17) is 4.74 Å². The van der Waals surface area contributed by atoms with Gasteiger partial charge < -0.3 is 9.64 Å². The molecule has 104 valence electrons. The number of hydrogen-bond donors (Lipinski definition) is 0. The Morgan fingerprint density at radius 3 is 3.05 bits per heavy atom. The van der Waals surface area contributed by atoms with E-state index in [0.29, 0.717) is 24.8 Å². The maximum Gasteiger partial charge on any atom is 0.182 e. The summed E-state index contributed by atoms with van der Waals surface area (Å²) in [5, 5.41) is 0. The van der Waals surface area contributed by atoms with Crippen LogP contribution in [-0.2, 0) is 4.74 Å². The summed E-state index contributed by atoms with van der Waals surface area (Å²) in [5.74, 6) is -0.480. The van der Waals surface area contributed by atoms with Crippen molar-refractivity contribution in [3.8, 4) is 0 Å². The van der Waals surface area contributed by atoms with Gasteiger partial charge in [-0.2, -0.15) is 0 Å². The predicted molar refractivity (Wildman–Crippen MR) is 69.6 cm³/mol. The van der Waals surface area contributed by atoms with Crippen molar-refractivity contribution in [3.63, 3.8) is 0 Å². The Labute approximate surface area is 112 Å². The summed E-state index contributed by atoms with van der Waals surface area (Å²) in [5.41, 5.74) is 0.326. The Balaban J connectivity index is 1.74. The average molecular weight is 266 g/mol. The van der Waals surface area contributed by atoms with Gasteiger partial charge in [-0.25, -0.2) is 4.39 Å². The number of halogens is 1. The molecule has 2 rings (SSSR count). The van der Waals surface area contributed by atoms with Crippen LogP contribution in [0, 0.1) is 5.82 Å². The molecular formula is C14H19FN2O2. The fraction of sp³-hybridized carbons (Fsp3) is 0.571. The third-order valence-electron chi connectivity index (χ3n) is 3.27. The first kappa shape index (κ1) is 14.1. The number of rotatable bonds is 6. The normalized spacial score (nSPS) is 19.0. The number of pyridine rings is 1. The second kappa shape index (κ2) is 6.73. The number of carbonyl (C=O) groups is 1. The standard InChI is InChI=1S/C14H19FN2O2/c1-17(10-12-3-2-8-19-12)7-6-14(18)13-5-4-11(15)9-16-13/h4-5,9,12H,2-3,6-8,10H2,1H3. The van der Waals surface area contributed by atoms with Crippen LogP contribution in [0.15, 0.2) is 18.3 Å². The topological polar surface area (TPSA) is 42.4 Å². The van der Waals surface area contributed by atoms with Gasteiger partial charge in [0.2, 0.25) is 0 Å². The van der Waals surface area contributed by atoms with Crippen molar-refractivity contribution in [2.75, 3.05) is 26.7 Å². The molecule has 0 saturated carbocycles. The highest BCUT2D eigenvalue weighted by atomic mass is 19.1. The van der Waals surface area contributed by atoms with Crippen LogP contribution in [0.2, 0.25) is 0 Å². The second-order valence-corrected chi connectivity index (χ2v) is 4.93. The lowest BCUT2D eigenvalue weighted by Crippen LogP contribution is -2.30. The molecule has 1 aliphatic heterocycles. The smallest absolute Gasteiger partial charge is 0.182 e. The summed E-state index contributed by atoms with van der Waals surface area (Å²) in [4.78, 5) is 17.7. The molecule has 1 aromatic heterocycles. The van der Waals surface area contributed by atoms with Crippen molar-refractivity contribution in [1.82, 2.24) is 9.88 Å². The molecule has 0 radical (unpaired) electrons. The van der Waals surface area contributed by atoms with Gasteiger partial charge in [0, 0.05) is 26.1 Å². The van der Waals surface area contributed by atoms with Gasteiger partial charge in [0.05, 0.1) is 12.3 Å². The Hall–Kier alpha value is -1.33. The average Bonchev–Trinajstić information content (AvgIpc) is 2.89. The highest BCUT2D eigenvalue weighted by Gasteiger charge is 2.18. The van der Waals surface area contributed by atoms with Crippen LogP contribution in [0.3, 0.4) is 0 Å². The van der Waals surface area contributed by atoms with E-state index < -0.39 is 5.82 Å². The van der Waals surface area contributed by atoms with Gasteiger partial charge in [-0.3, -0.25) is 9.78 Å². The molecule has 0 spiro atoms. The van der Waals surface area contributed by atoms with Crippen LogP contribution in [0.1, 0.15) is 29.8 Å². The van der Waals surface area contributed by atoms with Crippen molar-refractivity contribution in [1.29, 1.82) is 0 Å². The number of aromatic nitrogens is 1. The molecule has 1 atom stereocenters. The van der Waals surface area contributed by atoms with Crippen LogP contribution in [0.5, 0.6) is 0 Å². The Morgan fingerprint density at radius 2 is 2.42 bits per heavy atom. The summed E-state index contributed by atoms with van der Waals surface area (Å²) in [6.07, 6.45) is 3.98. The highest BCUT2D eigenvalue weighted by Crippen LogP contribution is 2.13. The van der Waals surface area contributed by atoms with Gasteiger partial charge in [-0.15, -0.1) is 0 Å². The Bertz CT molecular complexity index is 416. The Kier molecular flexibility index (Phi) is 4.99. The molecule has 1 saturated heterocycles. The maximum atomic E-state index is 12.7. The number of nitrogens with zero attached hydrogens (tertiary/aromatic N) is 2. The first-order valence-corrected chi connectivity index (χ1v) is 6.60. The minimum Gasteiger partial charge on any atom is -0.377 e. The highest BCUT2D eigenvalue weighted by molar-refractivity contribution is 5.94. The van der Waals surface area contributed by atoms with Gasteiger partial charge >= 0.3 is 0 Å². The van der Waals surface area contributed by atoms with Crippen molar-refractivity contribution < 1.29 is 13.9 Å². The molecule has 0 N–H and O–H groups in total. The molecule has 2 heterocycles. The molecule has 1 fully saturated rings. The van der Waals surface area contributed by atoms with E-state index in [1.54, 1.807) is 0 Å². The summed E-state index contributed by atoms with van der Waals surface area (Å²) >= 11 is 0. The molecule has 1 aromatic rings. The number of ether oxygens (including phenoxy) is 1. The van der Waals surface area contributed by atoms with Gasteiger partial charge in [-0.1, -0.05) is 0 Å². The molecule has 0 bridgehead atoms. The number of likely N-dealkylation sites (N-methyl/N-ethyl adjacent to an activating group) is 1. The zero-order valence-electron chi connectivity index (χ0n) is 11.1. The zero-order valence-corrected chi connectivity index (χ0v) is 11.1. The van der Waals surface area contributed by atoms with Gasteiger partial charge in [0.1, 0.15) is 11.5 Å². The van der Waals surface area contributed by atoms with E-state index in [1.807, 2.05) is 7.05 Å². The van der Waals surface area contributed by atoms with E-state index >= 15 is 0 Å². The molecule has 0 aliphatic carbocycles. The van der Waals surface area contributed by atoms with Gasteiger partial charge in [0.25, 0.3) is 0 Å². The molecule has 4 nitrogen and oxygen atoms in total. The quantitative estimate of drug-likeness (QED) is 0.738. The zero-order chi connectivity index (χ0) is 13.7. The van der Waals surface area contributed by atoms with E-state index in [1.165, 1.54) is 12.1 Å². The summed E-state index contributed by atoms with van der Waals surface area (Å²) in [6.45, 7) is 2.36. The Morgan fingerprint density at radius 1 is 1.58 bits per heavy atom. The first-order chi connectivity index (χ1) is 9.15. The van der Waals surface area contributed by atoms with Gasteiger partial charge in [0.15, 0.2) is 5.78 Å². The molecule has 5 heteroatoms. The number of Topliss-reactive ketones (excluding diaryl/α,β-unsaturated/α-hetero) is 1. The lowest BCUT2D eigenvalue weighted by atomic mass is 10.2. The van der Waals surface area contributed by atoms with Gasteiger partial charge in [-0.05, 0) is 32.0 Å². The fourth-order valence-electron chi connectivity index (χ4n) is 2.19. The minimum absolute atomic E-state index is 0.0563. The monoisotopic (exact) mass is 266 g/mol. The molecule has 0 aromatic carbocycles. The summed E-state index contributed by atoms with van der Waals surface area (Å²) < 4.78 is 18.2. The SMILES string of the molecule is CN(CCC(=O)c1ccc(F)cn1)CC1CCCO1. The lowest BCUT2D eigenvalue weighted by Gasteiger charge is -2.19. The van der Waals surface area contributed by atoms with E-state index in [-0.39, 0.29) is 5.78 Å².